The number of thiazole rings is 1. The van der Waals surface area contributed by atoms with Crippen LogP contribution in [0, 0.1) is 17.8 Å². The molecule has 0 radical (unpaired) electrons. The lowest BCUT2D eigenvalue weighted by atomic mass is 9.84. The first-order chi connectivity index (χ1) is 16.7. The normalized spacial score (nSPS) is 18.0. The van der Waals surface area contributed by atoms with Crippen LogP contribution in [0.3, 0.4) is 0 Å². The second kappa shape index (κ2) is 10.7. The number of nitrogens with zero attached hydrogens (tertiary/aromatic N) is 2. The Hall–Kier alpha value is -2.78. The van der Waals surface area contributed by atoms with Crippen molar-refractivity contribution in [2.45, 2.75) is 73.5 Å². The summed E-state index contributed by atoms with van der Waals surface area (Å²) in [7, 11) is 0. The molecule has 1 fully saturated rings. The second-order valence-electron chi connectivity index (χ2n) is 11.5. The molecule has 0 saturated carbocycles. The number of hydrogen-bond donors (Lipinski definition) is 2. The van der Waals surface area contributed by atoms with Crippen molar-refractivity contribution in [3.63, 3.8) is 0 Å². The predicted octanol–water partition coefficient (Wildman–Crippen LogP) is 4.06. The molecule has 3 atom stereocenters. The first-order valence-corrected chi connectivity index (χ1v) is 13.1. The molecule has 2 aromatic rings. The van der Waals surface area contributed by atoms with E-state index in [-0.39, 0.29) is 37.1 Å². The molecular weight excluding hydrogens is 476 g/mol. The fraction of sp³-hybridized carbons (Fsp3) is 0.556. The van der Waals surface area contributed by atoms with Crippen LogP contribution in [-0.4, -0.2) is 53.0 Å². The van der Waals surface area contributed by atoms with Gasteiger partial charge in [0.25, 0.3) is 0 Å². The SMILES string of the molecule is Cc1ncsc1-c1ccc(C(C)NC(=O)C2COCN2C(=O)C(NC(=O)C(C)(C)C)C(C)(C)C)cc1. The standard InChI is InChI=1S/C27H38N4O4S/c1-16(18-9-11-19(12-10-18)21-17(2)28-14-36-21)29-23(32)20-13-35-15-31(20)24(33)22(26(3,4)5)30-25(34)27(6,7)8/h9-12,14,16,20,22H,13,15H2,1-8H3,(H,29,32)(H,30,34). The van der Waals surface area contributed by atoms with Crippen LogP contribution in [-0.2, 0) is 19.1 Å². The first-order valence-electron chi connectivity index (χ1n) is 12.2. The fourth-order valence-corrected chi connectivity index (χ4v) is 4.75. The van der Waals surface area contributed by atoms with Crippen molar-refractivity contribution in [3.05, 3.63) is 41.0 Å². The number of hydrogen-bond acceptors (Lipinski definition) is 6. The molecule has 1 aromatic heterocycles. The minimum absolute atomic E-state index is 0.00612. The van der Waals surface area contributed by atoms with Crippen molar-refractivity contribution < 1.29 is 19.1 Å². The maximum atomic E-state index is 13.5. The number of carbonyl (C=O) groups excluding carboxylic acids is 3. The quantitative estimate of drug-likeness (QED) is 0.606. The van der Waals surface area contributed by atoms with E-state index in [4.69, 9.17) is 4.74 Å². The van der Waals surface area contributed by atoms with E-state index in [0.29, 0.717) is 0 Å². The lowest BCUT2D eigenvalue weighted by Crippen LogP contribution is -2.59. The zero-order valence-electron chi connectivity index (χ0n) is 22.5. The number of amides is 3. The summed E-state index contributed by atoms with van der Waals surface area (Å²) in [4.78, 5) is 46.3. The van der Waals surface area contributed by atoms with E-state index in [1.165, 1.54) is 4.90 Å². The Balaban J connectivity index is 1.70. The summed E-state index contributed by atoms with van der Waals surface area (Å²) in [6.45, 7) is 15.1. The Morgan fingerprint density at radius 3 is 2.25 bits per heavy atom. The number of nitrogens with one attached hydrogen (secondary N) is 2. The van der Waals surface area contributed by atoms with E-state index in [9.17, 15) is 14.4 Å². The van der Waals surface area contributed by atoms with Crippen molar-refractivity contribution in [2.75, 3.05) is 13.3 Å². The van der Waals surface area contributed by atoms with Gasteiger partial charge in [-0.3, -0.25) is 14.4 Å². The topological polar surface area (TPSA) is 101 Å². The van der Waals surface area contributed by atoms with Gasteiger partial charge in [0.15, 0.2) is 0 Å². The summed E-state index contributed by atoms with van der Waals surface area (Å²) in [5.74, 6) is -0.831. The lowest BCUT2D eigenvalue weighted by molar-refractivity contribution is -0.145. The van der Waals surface area contributed by atoms with Crippen molar-refractivity contribution in [3.8, 4) is 10.4 Å². The number of aromatic nitrogens is 1. The number of aryl methyl sites for hydroxylation is 1. The predicted molar refractivity (Wildman–Crippen MR) is 141 cm³/mol. The van der Waals surface area contributed by atoms with Crippen molar-refractivity contribution in [2.24, 2.45) is 10.8 Å². The minimum atomic E-state index is -0.790. The number of carbonyl (C=O) groups is 3. The Bertz CT molecular complexity index is 1100. The number of rotatable bonds is 6. The molecule has 1 aliphatic heterocycles. The molecule has 2 N–H and O–H groups in total. The summed E-state index contributed by atoms with van der Waals surface area (Å²) >= 11 is 1.60. The molecule has 2 heterocycles. The van der Waals surface area contributed by atoms with Gasteiger partial charge in [0.05, 0.1) is 28.7 Å². The number of ether oxygens (including phenoxy) is 1. The van der Waals surface area contributed by atoms with Crippen LogP contribution in [0.4, 0.5) is 0 Å². The Morgan fingerprint density at radius 2 is 1.72 bits per heavy atom. The highest BCUT2D eigenvalue weighted by molar-refractivity contribution is 7.13. The van der Waals surface area contributed by atoms with Gasteiger partial charge in [0.1, 0.15) is 18.8 Å². The highest BCUT2D eigenvalue weighted by Gasteiger charge is 2.43. The van der Waals surface area contributed by atoms with Gasteiger partial charge in [0, 0.05) is 5.41 Å². The molecule has 3 rings (SSSR count). The van der Waals surface area contributed by atoms with Crippen LogP contribution in [0.1, 0.15) is 65.8 Å². The number of benzene rings is 1. The third-order valence-electron chi connectivity index (χ3n) is 6.31. The van der Waals surface area contributed by atoms with E-state index in [1.807, 2.05) is 64.4 Å². The molecule has 1 aliphatic rings. The highest BCUT2D eigenvalue weighted by Crippen LogP contribution is 2.29. The van der Waals surface area contributed by atoms with Crippen LogP contribution in [0.15, 0.2) is 29.8 Å². The third-order valence-corrected chi connectivity index (χ3v) is 7.29. The minimum Gasteiger partial charge on any atom is -0.358 e. The molecular formula is C27H38N4O4S. The summed E-state index contributed by atoms with van der Waals surface area (Å²) in [6, 6.07) is 6.22. The van der Waals surface area contributed by atoms with Gasteiger partial charge in [0.2, 0.25) is 17.7 Å². The van der Waals surface area contributed by atoms with Gasteiger partial charge in [-0.05, 0) is 30.4 Å². The molecule has 8 nitrogen and oxygen atoms in total. The molecule has 1 saturated heterocycles. The largest absolute Gasteiger partial charge is 0.358 e. The Kier molecular flexibility index (Phi) is 8.25. The van der Waals surface area contributed by atoms with Gasteiger partial charge in [-0.15, -0.1) is 11.3 Å². The van der Waals surface area contributed by atoms with Gasteiger partial charge in [-0.25, -0.2) is 4.98 Å². The molecule has 3 amide bonds. The molecule has 196 valence electrons. The van der Waals surface area contributed by atoms with Gasteiger partial charge >= 0.3 is 0 Å². The fourth-order valence-electron chi connectivity index (χ4n) is 3.93. The summed E-state index contributed by atoms with van der Waals surface area (Å²) < 4.78 is 5.53. The Labute approximate surface area is 217 Å². The molecule has 0 aliphatic carbocycles. The maximum absolute atomic E-state index is 13.5. The van der Waals surface area contributed by atoms with Crippen molar-refractivity contribution >= 4 is 29.1 Å². The zero-order chi connectivity index (χ0) is 26.8. The van der Waals surface area contributed by atoms with Crippen molar-refractivity contribution in [1.82, 2.24) is 20.5 Å². The van der Waals surface area contributed by atoms with E-state index >= 15 is 0 Å². The molecule has 0 spiro atoms. The summed E-state index contributed by atoms with van der Waals surface area (Å²) in [6.07, 6.45) is 0. The Morgan fingerprint density at radius 1 is 1.08 bits per heavy atom. The van der Waals surface area contributed by atoms with E-state index in [1.54, 1.807) is 32.1 Å². The van der Waals surface area contributed by atoms with E-state index in [2.05, 4.69) is 15.6 Å². The summed E-state index contributed by atoms with van der Waals surface area (Å²) in [5, 5.41) is 5.92. The molecule has 3 unspecified atom stereocenters. The first kappa shape index (κ1) is 27.8. The van der Waals surface area contributed by atoms with Crippen LogP contribution in [0.5, 0.6) is 0 Å². The molecule has 9 heteroatoms. The van der Waals surface area contributed by atoms with E-state index < -0.39 is 22.9 Å². The summed E-state index contributed by atoms with van der Waals surface area (Å²) in [5.41, 5.74) is 3.67. The molecule has 36 heavy (non-hydrogen) atoms. The van der Waals surface area contributed by atoms with Crippen molar-refractivity contribution in [1.29, 1.82) is 0 Å². The highest BCUT2D eigenvalue weighted by atomic mass is 32.1. The van der Waals surface area contributed by atoms with Crippen LogP contribution in [0.25, 0.3) is 10.4 Å². The second-order valence-corrected chi connectivity index (χ2v) is 12.3. The molecule has 0 bridgehead atoms. The van der Waals surface area contributed by atoms with Crippen LogP contribution >= 0.6 is 11.3 Å². The maximum Gasteiger partial charge on any atom is 0.248 e. The van der Waals surface area contributed by atoms with Crippen LogP contribution < -0.4 is 10.6 Å². The third kappa shape index (κ3) is 6.31. The van der Waals surface area contributed by atoms with Gasteiger partial charge < -0.3 is 20.3 Å². The van der Waals surface area contributed by atoms with Gasteiger partial charge in [-0.1, -0.05) is 65.8 Å². The average molecular weight is 515 g/mol. The molecule has 1 aromatic carbocycles. The lowest BCUT2D eigenvalue weighted by Gasteiger charge is -2.36. The average Bonchev–Trinajstić information content (AvgIpc) is 3.44. The van der Waals surface area contributed by atoms with Gasteiger partial charge in [-0.2, -0.15) is 0 Å². The zero-order valence-corrected chi connectivity index (χ0v) is 23.3. The smallest absolute Gasteiger partial charge is 0.248 e. The van der Waals surface area contributed by atoms with Crippen LogP contribution in [0.2, 0.25) is 0 Å². The van der Waals surface area contributed by atoms with E-state index in [0.717, 1.165) is 21.7 Å². The monoisotopic (exact) mass is 514 g/mol.